The number of hydrogen-bond donors (Lipinski definition) is 0. The second-order valence-corrected chi connectivity index (χ2v) is 4.85. The first-order valence-electron chi connectivity index (χ1n) is 6.94. The van der Waals surface area contributed by atoms with Crippen molar-refractivity contribution in [1.82, 2.24) is 9.97 Å². The molecular formula is C14H23N3O. The van der Waals surface area contributed by atoms with E-state index < -0.39 is 0 Å². The van der Waals surface area contributed by atoms with Gasteiger partial charge in [-0.25, -0.2) is 9.97 Å². The average Bonchev–Trinajstić information content (AvgIpc) is 2.39. The fraction of sp³-hybridized carbons (Fsp3) is 0.714. The number of anilines is 1. The Morgan fingerprint density at radius 1 is 1.39 bits per heavy atom. The lowest BCUT2D eigenvalue weighted by molar-refractivity contribution is 0.0345. The summed E-state index contributed by atoms with van der Waals surface area (Å²) in [7, 11) is 0. The molecule has 0 bridgehead atoms. The highest BCUT2D eigenvalue weighted by atomic mass is 16.5. The number of morpholine rings is 1. The highest BCUT2D eigenvalue weighted by molar-refractivity contribution is 5.40. The normalized spacial score (nSPS) is 20.2. The van der Waals surface area contributed by atoms with Crippen LogP contribution in [-0.4, -0.2) is 35.8 Å². The maximum Gasteiger partial charge on any atom is 0.132 e. The van der Waals surface area contributed by atoms with Gasteiger partial charge in [-0.3, -0.25) is 0 Å². The van der Waals surface area contributed by atoms with Crippen LogP contribution in [0.1, 0.15) is 38.2 Å². The molecule has 1 atom stereocenters. The zero-order chi connectivity index (χ0) is 13.0. The Bertz CT molecular complexity index is 393. The van der Waals surface area contributed by atoms with Gasteiger partial charge in [0.15, 0.2) is 0 Å². The van der Waals surface area contributed by atoms with E-state index >= 15 is 0 Å². The van der Waals surface area contributed by atoms with E-state index in [4.69, 9.17) is 4.74 Å². The van der Waals surface area contributed by atoms with Crippen LogP contribution in [0.2, 0.25) is 0 Å². The van der Waals surface area contributed by atoms with Crippen molar-refractivity contribution in [3.8, 4) is 0 Å². The van der Waals surface area contributed by atoms with Gasteiger partial charge in [0.25, 0.3) is 0 Å². The number of rotatable bonds is 4. The number of nitrogens with zero attached hydrogens (tertiary/aromatic N) is 3. The highest BCUT2D eigenvalue weighted by Crippen LogP contribution is 2.18. The van der Waals surface area contributed by atoms with Gasteiger partial charge < -0.3 is 9.64 Å². The van der Waals surface area contributed by atoms with Gasteiger partial charge in [-0.05, 0) is 19.8 Å². The molecule has 1 aromatic heterocycles. The molecule has 18 heavy (non-hydrogen) atoms. The lowest BCUT2D eigenvalue weighted by Gasteiger charge is -2.33. The molecule has 1 unspecified atom stereocenters. The summed E-state index contributed by atoms with van der Waals surface area (Å²) in [5.41, 5.74) is 1.12. The van der Waals surface area contributed by atoms with Gasteiger partial charge in [0, 0.05) is 24.8 Å². The number of ether oxygens (including phenoxy) is 1. The molecule has 0 aliphatic carbocycles. The van der Waals surface area contributed by atoms with Crippen molar-refractivity contribution in [3.05, 3.63) is 17.6 Å². The predicted octanol–water partition coefficient (Wildman–Crippen LogP) is 2.35. The van der Waals surface area contributed by atoms with Crippen molar-refractivity contribution in [1.29, 1.82) is 0 Å². The molecule has 4 heteroatoms. The van der Waals surface area contributed by atoms with Gasteiger partial charge in [0.2, 0.25) is 0 Å². The van der Waals surface area contributed by atoms with Gasteiger partial charge in [-0.15, -0.1) is 0 Å². The van der Waals surface area contributed by atoms with Gasteiger partial charge in [0.1, 0.15) is 11.6 Å². The lowest BCUT2D eigenvalue weighted by Crippen LogP contribution is -2.43. The third kappa shape index (κ3) is 3.19. The zero-order valence-electron chi connectivity index (χ0n) is 11.6. The van der Waals surface area contributed by atoms with Crippen LogP contribution in [-0.2, 0) is 11.2 Å². The number of aromatic nitrogens is 2. The topological polar surface area (TPSA) is 38.2 Å². The van der Waals surface area contributed by atoms with E-state index in [2.05, 4.69) is 34.8 Å². The zero-order valence-corrected chi connectivity index (χ0v) is 11.6. The summed E-state index contributed by atoms with van der Waals surface area (Å²) in [6, 6.07) is 2.11. The van der Waals surface area contributed by atoms with Gasteiger partial charge >= 0.3 is 0 Å². The van der Waals surface area contributed by atoms with Crippen LogP contribution in [0.15, 0.2) is 6.07 Å². The van der Waals surface area contributed by atoms with Crippen molar-refractivity contribution in [2.45, 2.75) is 46.1 Å². The summed E-state index contributed by atoms with van der Waals surface area (Å²) >= 11 is 0. The molecule has 1 aliphatic heterocycles. The van der Waals surface area contributed by atoms with Crippen LogP contribution in [0.4, 0.5) is 5.82 Å². The molecule has 1 fully saturated rings. The summed E-state index contributed by atoms with van der Waals surface area (Å²) in [5.74, 6) is 1.92. The third-order valence-corrected chi connectivity index (χ3v) is 3.31. The predicted molar refractivity (Wildman–Crippen MR) is 73.0 cm³/mol. The minimum Gasteiger partial charge on any atom is -0.375 e. The molecule has 100 valence electrons. The first-order valence-corrected chi connectivity index (χ1v) is 6.94. The van der Waals surface area contributed by atoms with Crippen molar-refractivity contribution in [2.75, 3.05) is 24.6 Å². The fourth-order valence-electron chi connectivity index (χ4n) is 2.38. The van der Waals surface area contributed by atoms with E-state index in [1.807, 2.05) is 6.92 Å². The van der Waals surface area contributed by atoms with Crippen molar-refractivity contribution in [3.63, 3.8) is 0 Å². The van der Waals surface area contributed by atoms with Crippen LogP contribution < -0.4 is 4.90 Å². The average molecular weight is 249 g/mol. The van der Waals surface area contributed by atoms with Crippen LogP contribution in [0.5, 0.6) is 0 Å². The van der Waals surface area contributed by atoms with Crippen molar-refractivity contribution in [2.24, 2.45) is 0 Å². The van der Waals surface area contributed by atoms with E-state index in [0.717, 1.165) is 49.9 Å². The maximum absolute atomic E-state index is 5.77. The molecule has 1 saturated heterocycles. The molecular weight excluding hydrogens is 226 g/mol. The summed E-state index contributed by atoms with van der Waals surface area (Å²) in [4.78, 5) is 11.3. The molecule has 0 radical (unpaired) electrons. The SMILES string of the molecule is CCCC1CN(c2cc(CC)nc(C)n2)CCO1. The molecule has 0 amide bonds. The Hall–Kier alpha value is -1.16. The second-order valence-electron chi connectivity index (χ2n) is 4.85. The Morgan fingerprint density at radius 2 is 2.22 bits per heavy atom. The fourth-order valence-corrected chi connectivity index (χ4v) is 2.38. The first kappa shape index (κ1) is 13.3. The molecule has 0 N–H and O–H groups in total. The van der Waals surface area contributed by atoms with Crippen LogP contribution in [0.25, 0.3) is 0 Å². The molecule has 1 aromatic rings. The third-order valence-electron chi connectivity index (χ3n) is 3.31. The molecule has 0 aromatic carbocycles. The summed E-state index contributed by atoms with van der Waals surface area (Å²) < 4.78 is 5.77. The number of hydrogen-bond acceptors (Lipinski definition) is 4. The largest absolute Gasteiger partial charge is 0.375 e. The summed E-state index contributed by atoms with van der Waals surface area (Å²) in [5, 5.41) is 0. The summed E-state index contributed by atoms with van der Waals surface area (Å²) in [6.45, 7) is 8.98. The van der Waals surface area contributed by atoms with E-state index in [0.29, 0.717) is 6.10 Å². The van der Waals surface area contributed by atoms with Crippen molar-refractivity contribution < 1.29 is 4.74 Å². The van der Waals surface area contributed by atoms with Gasteiger partial charge in [-0.1, -0.05) is 20.3 Å². The quantitative estimate of drug-likeness (QED) is 0.821. The van der Waals surface area contributed by atoms with Gasteiger partial charge in [-0.2, -0.15) is 0 Å². The molecule has 1 aliphatic rings. The van der Waals surface area contributed by atoms with Crippen molar-refractivity contribution >= 4 is 5.82 Å². The smallest absolute Gasteiger partial charge is 0.132 e. The van der Waals surface area contributed by atoms with E-state index in [1.165, 1.54) is 6.42 Å². The standard InChI is InChI=1S/C14H23N3O/c1-4-6-13-10-17(7-8-18-13)14-9-12(5-2)15-11(3)16-14/h9,13H,4-8,10H2,1-3H3. The van der Waals surface area contributed by atoms with Crippen LogP contribution in [0, 0.1) is 6.92 Å². The monoisotopic (exact) mass is 249 g/mol. The molecule has 4 nitrogen and oxygen atoms in total. The molecule has 2 heterocycles. The molecule has 0 saturated carbocycles. The van der Waals surface area contributed by atoms with E-state index in [-0.39, 0.29) is 0 Å². The van der Waals surface area contributed by atoms with E-state index in [1.54, 1.807) is 0 Å². The summed E-state index contributed by atoms with van der Waals surface area (Å²) in [6.07, 6.45) is 3.60. The van der Waals surface area contributed by atoms with E-state index in [9.17, 15) is 0 Å². The van der Waals surface area contributed by atoms with Gasteiger partial charge in [0.05, 0.1) is 12.7 Å². The first-order chi connectivity index (χ1) is 8.72. The highest BCUT2D eigenvalue weighted by Gasteiger charge is 2.21. The Morgan fingerprint density at radius 3 is 2.94 bits per heavy atom. The Labute approximate surface area is 109 Å². The molecule has 2 rings (SSSR count). The number of aryl methyl sites for hydroxylation is 2. The molecule has 0 spiro atoms. The second kappa shape index (κ2) is 6.14. The lowest BCUT2D eigenvalue weighted by atomic mass is 10.1. The maximum atomic E-state index is 5.77. The Kier molecular flexibility index (Phi) is 4.53. The Balaban J connectivity index is 2.12. The van der Waals surface area contributed by atoms with Crippen LogP contribution >= 0.6 is 0 Å². The minimum atomic E-state index is 0.351. The van der Waals surface area contributed by atoms with Crippen LogP contribution in [0.3, 0.4) is 0 Å². The minimum absolute atomic E-state index is 0.351.